The minimum atomic E-state index is -1.22. The number of hydrogen-bond donors (Lipinski definition) is 2. The van der Waals surface area contributed by atoms with E-state index in [0.717, 1.165) is 43.1 Å². The van der Waals surface area contributed by atoms with Crippen LogP contribution in [0.2, 0.25) is 0 Å². The predicted molar refractivity (Wildman–Crippen MR) is 146 cm³/mol. The second-order valence-electron chi connectivity index (χ2n) is 10.4. The van der Waals surface area contributed by atoms with Crippen molar-refractivity contribution in [2.45, 2.75) is 31.9 Å². The number of hydrogen-bond acceptors (Lipinski definition) is 6. The van der Waals surface area contributed by atoms with Crippen molar-refractivity contribution in [2.24, 2.45) is 5.41 Å². The summed E-state index contributed by atoms with van der Waals surface area (Å²) in [5.74, 6) is -0.568. The SMILES string of the molecule is COc1ccc2ncc(N(C)C)c([C@@H](F)CCC3(CO)CCN(CCNc4cc(F)cc(F)c4)CC3)c2c1. The van der Waals surface area contributed by atoms with Crippen LogP contribution >= 0.6 is 0 Å². The molecule has 0 radical (unpaired) electrons. The van der Waals surface area contributed by atoms with Crippen LogP contribution in [0.25, 0.3) is 10.9 Å². The summed E-state index contributed by atoms with van der Waals surface area (Å²) in [6, 6.07) is 8.89. The van der Waals surface area contributed by atoms with E-state index in [1.54, 1.807) is 13.3 Å². The van der Waals surface area contributed by atoms with E-state index in [4.69, 9.17) is 4.74 Å². The summed E-state index contributed by atoms with van der Waals surface area (Å²) in [5.41, 5.74) is 2.13. The second kappa shape index (κ2) is 12.2. The summed E-state index contributed by atoms with van der Waals surface area (Å²) in [4.78, 5) is 8.65. The van der Waals surface area contributed by atoms with Gasteiger partial charge in [-0.15, -0.1) is 0 Å². The Morgan fingerprint density at radius 1 is 1.13 bits per heavy atom. The molecule has 1 aromatic heterocycles. The molecule has 6 nitrogen and oxygen atoms in total. The lowest BCUT2D eigenvalue weighted by Crippen LogP contribution is -2.43. The van der Waals surface area contributed by atoms with E-state index in [2.05, 4.69) is 15.2 Å². The molecule has 1 aliphatic rings. The number of benzene rings is 2. The predicted octanol–water partition coefficient (Wildman–Crippen LogP) is 5.57. The lowest BCUT2D eigenvalue weighted by molar-refractivity contribution is 0.0316. The monoisotopic (exact) mass is 530 g/mol. The van der Waals surface area contributed by atoms with Crippen molar-refractivity contribution >= 4 is 22.3 Å². The van der Waals surface area contributed by atoms with Crippen molar-refractivity contribution in [3.63, 3.8) is 0 Å². The Morgan fingerprint density at radius 2 is 1.84 bits per heavy atom. The van der Waals surface area contributed by atoms with E-state index in [1.165, 1.54) is 12.1 Å². The molecule has 0 bridgehead atoms. The van der Waals surface area contributed by atoms with Crippen molar-refractivity contribution in [1.29, 1.82) is 0 Å². The van der Waals surface area contributed by atoms with Crippen LogP contribution in [0.5, 0.6) is 5.75 Å². The van der Waals surface area contributed by atoms with Crippen LogP contribution in [0.4, 0.5) is 24.5 Å². The van der Waals surface area contributed by atoms with Crippen LogP contribution in [-0.4, -0.2) is 69.0 Å². The minimum absolute atomic E-state index is 0.0137. The number of aromatic nitrogens is 1. The van der Waals surface area contributed by atoms with Crippen molar-refractivity contribution in [3.8, 4) is 5.75 Å². The zero-order valence-corrected chi connectivity index (χ0v) is 22.3. The zero-order valence-electron chi connectivity index (χ0n) is 22.3. The van der Waals surface area contributed by atoms with Crippen LogP contribution in [-0.2, 0) is 0 Å². The van der Waals surface area contributed by atoms with Crippen LogP contribution < -0.4 is 15.0 Å². The van der Waals surface area contributed by atoms with Gasteiger partial charge < -0.3 is 25.0 Å². The van der Waals surface area contributed by atoms with Gasteiger partial charge in [0.25, 0.3) is 0 Å². The Kier molecular flexibility index (Phi) is 8.99. The quantitative estimate of drug-likeness (QED) is 0.338. The molecule has 3 aromatic rings. The van der Waals surface area contributed by atoms with Crippen LogP contribution in [0.3, 0.4) is 0 Å². The smallest absolute Gasteiger partial charge is 0.128 e. The molecule has 0 aliphatic carbocycles. The molecule has 2 aromatic carbocycles. The third-order valence-corrected chi connectivity index (χ3v) is 7.69. The number of nitrogens with one attached hydrogen (secondary N) is 1. The van der Waals surface area contributed by atoms with E-state index in [9.17, 15) is 13.9 Å². The maximum Gasteiger partial charge on any atom is 0.128 e. The summed E-state index contributed by atoms with van der Waals surface area (Å²) in [6.45, 7) is 2.82. The molecule has 1 aliphatic heterocycles. The number of anilines is 2. The molecule has 2 N–H and O–H groups in total. The van der Waals surface area contributed by atoms with Gasteiger partial charge in [-0.2, -0.15) is 0 Å². The van der Waals surface area contributed by atoms with Gasteiger partial charge in [0, 0.05) is 56.5 Å². The number of likely N-dealkylation sites (tertiary alicyclic amines) is 1. The number of piperidine rings is 1. The van der Waals surface area contributed by atoms with Crippen LogP contribution in [0, 0.1) is 17.0 Å². The normalized spacial score (nSPS) is 16.4. The number of aliphatic hydroxyl groups is 1. The molecule has 0 spiro atoms. The van der Waals surface area contributed by atoms with E-state index in [1.807, 2.05) is 37.2 Å². The van der Waals surface area contributed by atoms with E-state index < -0.39 is 17.8 Å². The highest BCUT2D eigenvalue weighted by Gasteiger charge is 2.35. The third kappa shape index (κ3) is 6.50. The number of halogens is 3. The summed E-state index contributed by atoms with van der Waals surface area (Å²) >= 11 is 0. The number of alkyl halides is 1. The Morgan fingerprint density at radius 3 is 2.47 bits per heavy atom. The third-order valence-electron chi connectivity index (χ3n) is 7.69. The van der Waals surface area contributed by atoms with Crippen LogP contribution in [0.15, 0.2) is 42.6 Å². The van der Waals surface area contributed by atoms with Crippen LogP contribution in [0.1, 0.15) is 37.4 Å². The minimum Gasteiger partial charge on any atom is -0.497 e. The molecule has 1 saturated heterocycles. The van der Waals surface area contributed by atoms with E-state index in [-0.39, 0.29) is 12.0 Å². The largest absolute Gasteiger partial charge is 0.497 e. The highest BCUT2D eigenvalue weighted by Crippen LogP contribution is 2.42. The fourth-order valence-electron chi connectivity index (χ4n) is 5.32. The molecular weight excluding hydrogens is 493 g/mol. The average molecular weight is 531 g/mol. The van der Waals surface area contributed by atoms with E-state index >= 15 is 4.39 Å². The van der Waals surface area contributed by atoms with Gasteiger partial charge in [0.15, 0.2) is 0 Å². The highest BCUT2D eigenvalue weighted by atomic mass is 19.1. The first-order chi connectivity index (χ1) is 18.2. The molecule has 38 heavy (non-hydrogen) atoms. The molecule has 1 fully saturated rings. The van der Waals surface area contributed by atoms with Gasteiger partial charge in [-0.1, -0.05) is 0 Å². The zero-order chi connectivity index (χ0) is 27.3. The molecule has 206 valence electrons. The fraction of sp³-hybridized carbons (Fsp3) is 0.483. The number of aliphatic hydroxyl groups excluding tert-OH is 1. The Bertz CT molecular complexity index is 1210. The molecule has 0 saturated carbocycles. The molecule has 0 unspecified atom stereocenters. The number of rotatable bonds is 11. The van der Waals surface area contributed by atoms with Gasteiger partial charge in [-0.3, -0.25) is 4.98 Å². The first kappa shape index (κ1) is 28.0. The molecule has 9 heteroatoms. The summed E-state index contributed by atoms with van der Waals surface area (Å²) in [6.07, 6.45) is 2.88. The number of pyridine rings is 1. The van der Waals surface area contributed by atoms with Gasteiger partial charge in [-0.25, -0.2) is 13.2 Å². The standard InChI is InChI=1S/C29H37F3N4O2/c1-35(2)27-18-34-26-5-4-23(38-3)17-24(26)28(27)25(32)6-7-29(19-37)8-11-36(12-9-29)13-10-33-22-15-20(30)14-21(31)16-22/h4-5,14-18,25,33,37H,6-13,19H2,1-3H3/t25-/m0/s1. The molecule has 1 atom stereocenters. The topological polar surface area (TPSA) is 60.9 Å². The van der Waals surface area contributed by atoms with Crippen molar-refractivity contribution in [3.05, 3.63) is 59.8 Å². The number of fused-ring (bicyclic) bond motifs is 1. The van der Waals surface area contributed by atoms with Gasteiger partial charge in [-0.05, 0) is 74.5 Å². The van der Waals surface area contributed by atoms with Gasteiger partial charge in [0.1, 0.15) is 23.6 Å². The first-order valence-electron chi connectivity index (χ1n) is 13.0. The lowest BCUT2D eigenvalue weighted by atomic mass is 9.74. The average Bonchev–Trinajstić information content (AvgIpc) is 2.91. The summed E-state index contributed by atoms with van der Waals surface area (Å²) < 4.78 is 48.2. The summed E-state index contributed by atoms with van der Waals surface area (Å²) in [7, 11) is 5.35. The maximum absolute atomic E-state index is 16.0. The Balaban J connectivity index is 1.37. The molecular formula is C29H37F3N4O2. The fourth-order valence-corrected chi connectivity index (χ4v) is 5.32. The second-order valence-corrected chi connectivity index (χ2v) is 10.4. The van der Waals surface area contributed by atoms with Gasteiger partial charge in [0.2, 0.25) is 0 Å². The number of ether oxygens (including phenoxy) is 1. The van der Waals surface area contributed by atoms with Gasteiger partial charge in [0.05, 0.1) is 24.5 Å². The Labute approximate surface area is 222 Å². The molecule has 0 amide bonds. The number of nitrogens with zero attached hydrogens (tertiary/aromatic N) is 3. The first-order valence-corrected chi connectivity index (χ1v) is 13.0. The number of methoxy groups -OCH3 is 1. The lowest BCUT2D eigenvalue weighted by Gasteiger charge is -2.41. The van der Waals surface area contributed by atoms with Crippen molar-refractivity contribution in [2.75, 3.05) is 64.2 Å². The highest BCUT2D eigenvalue weighted by molar-refractivity contribution is 5.88. The maximum atomic E-state index is 16.0. The molecule has 4 rings (SSSR count). The molecule has 2 heterocycles. The summed E-state index contributed by atoms with van der Waals surface area (Å²) in [5, 5.41) is 14.1. The van der Waals surface area contributed by atoms with Gasteiger partial charge >= 0.3 is 0 Å². The Hall–Kier alpha value is -3.04. The van der Waals surface area contributed by atoms with E-state index in [0.29, 0.717) is 48.4 Å². The van der Waals surface area contributed by atoms with Crippen molar-refractivity contribution < 1.29 is 23.0 Å². The van der Waals surface area contributed by atoms with Crippen molar-refractivity contribution in [1.82, 2.24) is 9.88 Å².